The van der Waals surface area contributed by atoms with Gasteiger partial charge in [0, 0.05) is 13.2 Å². The lowest BCUT2D eigenvalue weighted by Gasteiger charge is -2.00. The van der Waals surface area contributed by atoms with Crippen LogP contribution in [0.2, 0.25) is 0 Å². The van der Waals surface area contributed by atoms with E-state index in [9.17, 15) is 0 Å². The second-order valence-corrected chi connectivity index (χ2v) is 4.40. The van der Waals surface area contributed by atoms with Crippen molar-refractivity contribution in [3.63, 3.8) is 0 Å². The summed E-state index contributed by atoms with van der Waals surface area (Å²) >= 11 is 0. The van der Waals surface area contributed by atoms with E-state index in [4.69, 9.17) is 10.2 Å². The minimum Gasteiger partial charge on any atom is -0.396 e. The summed E-state index contributed by atoms with van der Waals surface area (Å²) in [7, 11) is 0. The molecule has 0 amide bonds. The lowest BCUT2D eigenvalue weighted by molar-refractivity contribution is 0.285. The maximum atomic E-state index is 8.71. The normalized spacial score (nSPS) is 13.6. The van der Waals surface area contributed by atoms with E-state index in [2.05, 4.69) is 38.2 Å². The third kappa shape index (κ3) is 11.4. The van der Waals surface area contributed by atoms with Crippen LogP contribution in [0.25, 0.3) is 0 Å². The second kappa shape index (κ2) is 11.6. The first-order valence-corrected chi connectivity index (χ1v) is 6.40. The monoisotopic (exact) mass is 238 g/mol. The molecule has 0 aliphatic rings. The Morgan fingerprint density at radius 1 is 0.941 bits per heavy atom. The lowest BCUT2D eigenvalue weighted by atomic mass is 10.1. The molecular formula is C15H26O2. The molecule has 0 heterocycles. The summed E-state index contributed by atoms with van der Waals surface area (Å²) in [4.78, 5) is 0. The van der Waals surface area contributed by atoms with E-state index in [1.165, 1.54) is 11.1 Å². The summed E-state index contributed by atoms with van der Waals surface area (Å²) in [6.45, 7) is 4.73. The minimum atomic E-state index is 0.227. The van der Waals surface area contributed by atoms with Gasteiger partial charge in [-0.25, -0.2) is 0 Å². The van der Waals surface area contributed by atoms with Gasteiger partial charge in [0.05, 0.1) is 0 Å². The summed E-state index contributed by atoms with van der Waals surface area (Å²) in [6.07, 6.45) is 13.1. The van der Waals surface area contributed by atoms with Crippen molar-refractivity contribution < 1.29 is 10.2 Å². The standard InChI is InChI=1S/C15H26O2/c1-14(13-15(2)10-8-12-17)9-6-4-3-5-7-11-16/h4,6,9-10,16-17H,3,5,7-8,11-13H2,1-2H3/b6-4+,14-9+,15-10+. The third-order valence-electron chi connectivity index (χ3n) is 2.48. The first-order valence-electron chi connectivity index (χ1n) is 6.40. The fourth-order valence-corrected chi connectivity index (χ4v) is 1.58. The Labute approximate surface area is 105 Å². The molecule has 0 saturated heterocycles. The number of aliphatic hydroxyl groups is 2. The maximum Gasteiger partial charge on any atom is 0.0465 e. The number of hydrogen-bond donors (Lipinski definition) is 2. The van der Waals surface area contributed by atoms with Crippen molar-refractivity contribution in [2.45, 2.75) is 46.0 Å². The van der Waals surface area contributed by atoms with Crippen LogP contribution < -0.4 is 0 Å². The molecule has 0 unspecified atom stereocenters. The number of hydrogen-bond acceptors (Lipinski definition) is 2. The van der Waals surface area contributed by atoms with Crippen LogP contribution in [-0.4, -0.2) is 23.4 Å². The molecule has 0 spiro atoms. The highest BCUT2D eigenvalue weighted by molar-refractivity contribution is 5.17. The molecule has 2 heteroatoms. The van der Waals surface area contributed by atoms with E-state index in [1.807, 2.05) is 0 Å². The van der Waals surface area contributed by atoms with Gasteiger partial charge >= 0.3 is 0 Å². The van der Waals surface area contributed by atoms with Gasteiger partial charge < -0.3 is 10.2 Å². The van der Waals surface area contributed by atoms with Gasteiger partial charge in [-0.3, -0.25) is 0 Å². The van der Waals surface area contributed by atoms with Crippen molar-refractivity contribution in [3.8, 4) is 0 Å². The van der Waals surface area contributed by atoms with Crippen LogP contribution in [0.4, 0.5) is 0 Å². The second-order valence-electron chi connectivity index (χ2n) is 4.40. The Bertz CT molecular complexity index is 262. The van der Waals surface area contributed by atoms with Gasteiger partial charge in [0.2, 0.25) is 0 Å². The highest BCUT2D eigenvalue weighted by Gasteiger charge is 1.91. The Kier molecular flexibility index (Phi) is 11.0. The van der Waals surface area contributed by atoms with E-state index >= 15 is 0 Å². The summed E-state index contributed by atoms with van der Waals surface area (Å²) in [5.41, 5.74) is 2.64. The van der Waals surface area contributed by atoms with Crippen LogP contribution in [0, 0.1) is 0 Å². The van der Waals surface area contributed by atoms with Gasteiger partial charge in [0.15, 0.2) is 0 Å². The first-order chi connectivity index (χ1) is 8.20. The third-order valence-corrected chi connectivity index (χ3v) is 2.48. The highest BCUT2D eigenvalue weighted by Crippen LogP contribution is 2.10. The molecular weight excluding hydrogens is 212 g/mol. The number of aliphatic hydroxyl groups excluding tert-OH is 2. The van der Waals surface area contributed by atoms with Crippen molar-refractivity contribution in [3.05, 3.63) is 35.5 Å². The van der Waals surface area contributed by atoms with Gasteiger partial charge in [-0.05, 0) is 46.0 Å². The molecule has 0 aromatic carbocycles. The van der Waals surface area contributed by atoms with Gasteiger partial charge in [0.1, 0.15) is 0 Å². The Morgan fingerprint density at radius 2 is 1.71 bits per heavy atom. The van der Waals surface area contributed by atoms with Crippen LogP contribution in [-0.2, 0) is 0 Å². The molecule has 0 rings (SSSR count). The van der Waals surface area contributed by atoms with E-state index in [0.29, 0.717) is 0 Å². The van der Waals surface area contributed by atoms with E-state index in [0.717, 1.165) is 32.1 Å². The zero-order valence-electron chi connectivity index (χ0n) is 11.2. The number of unbranched alkanes of at least 4 members (excludes halogenated alkanes) is 2. The van der Waals surface area contributed by atoms with Crippen LogP contribution in [0.5, 0.6) is 0 Å². The summed E-state index contributed by atoms with van der Waals surface area (Å²) in [6, 6.07) is 0. The quantitative estimate of drug-likeness (QED) is 0.367. The average Bonchev–Trinajstić information content (AvgIpc) is 2.31. The smallest absolute Gasteiger partial charge is 0.0465 e. The molecule has 0 radical (unpaired) electrons. The van der Waals surface area contributed by atoms with Crippen molar-refractivity contribution in [1.29, 1.82) is 0 Å². The average molecular weight is 238 g/mol. The fourth-order valence-electron chi connectivity index (χ4n) is 1.58. The van der Waals surface area contributed by atoms with E-state index in [-0.39, 0.29) is 13.2 Å². The summed E-state index contributed by atoms with van der Waals surface area (Å²) in [5.74, 6) is 0. The van der Waals surface area contributed by atoms with Gasteiger partial charge in [-0.1, -0.05) is 35.5 Å². The van der Waals surface area contributed by atoms with Crippen molar-refractivity contribution in [2.75, 3.05) is 13.2 Å². The Hall–Kier alpha value is -0.860. The molecule has 0 aromatic rings. The molecule has 0 atom stereocenters. The minimum absolute atomic E-state index is 0.227. The predicted octanol–water partition coefficient (Wildman–Crippen LogP) is 3.37. The molecule has 0 aliphatic carbocycles. The van der Waals surface area contributed by atoms with Gasteiger partial charge in [0.25, 0.3) is 0 Å². The van der Waals surface area contributed by atoms with Crippen LogP contribution in [0.15, 0.2) is 35.5 Å². The molecule has 2 nitrogen and oxygen atoms in total. The van der Waals surface area contributed by atoms with Crippen molar-refractivity contribution >= 4 is 0 Å². The molecule has 2 N–H and O–H groups in total. The fraction of sp³-hybridized carbons (Fsp3) is 0.600. The first kappa shape index (κ1) is 16.1. The largest absolute Gasteiger partial charge is 0.396 e. The summed E-state index contributed by atoms with van der Waals surface area (Å²) < 4.78 is 0. The zero-order chi connectivity index (χ0) is 12.9. The van der Waals surface area contributed by atoms with Crippen LogP contribution >= 0.6 is 0 Å². The van der Waals surface area contributed by atoms with Crippen LogP contribution in [0.3, 0.4) is 0 Å². The molecule has 17 heavy (non-hydrogen) atoms. The molecule has 0 saturated carbocycles. The SMILES string of the molecule is C/C(=C\C=C\CCCCO)C/C(C)=C/CCO. The molecule has 0 aromatic heterocycles. The van der Waals surface area contributed by atoms with Gasteiger partial charge in [-0.15, -0.1) is 0 Å². The number of allylic oxidation sites excluding steroid dienone is 5. The Morgan fingerprint density at radius 3 is 2.35 bits per heavy atom. The van der Waals surface area contributed by atoms with Crippen LogP contribution in [0.1, 0.15) is 46.0 Å². The van der Waals surface area contributed by atoms with Crippen molar-refractivity contribution in [1.82, 2.24) is 0 Å². The lowest BCUT2D eigenvalue weighted by Crippen LogP contribution is -1.83. The topological polar surface area (TPSA) is 40.5 Å². The zero-order valence-corrected chi connectivity index (χ0v) is 11.2. The van der Waals surface area contributed by atoms with Gasteiger partial charge in [-0.2, -0.15) is 0 Å². The van der Waals surface area contributed by atoms with E-state index < -0.39 is 0 Å². The number of rotatable bonds is 9. The van der Waals surface area contributed by atoms with E-state index in [1.54, 1.807) is 0 Å². The summed E-state index contributed by atoms with van der Waals surface area (Å²) in [5, 5.41) is 17.3. The Balaban J connectivity index is 3.84. The highest BCUT2D eigenvalue weighted by atomic mass is 16.3. The molecule has 98 valence electrons. The predicted molar refractivity (Wildman–Crippen MR) is 73.9 cm³/mol. The maximum absolute atomic E-state index is 8.71. The molecule has 0 aliphatic heterocycles. The molecule has 0 fully saturated rings. The molecule has 0 bridgehead atoms. The van der Waals surface area contributed by atoms with Crippen molar-refractivity contribution in [2.24, 2.45) is 0 Å².